The Hall–Kier alpha value is -2.66. The topological polar surface area (TPSA) is 72.6 Å². The number of amides is 2. The van der Waals surface area contributed by atoms with E-state index in [1.165, 1.54) is 0 Å². The lowest BCUT2D eigenvalue weighted by atomic mass is 9.89. The van der Waals surface area contributed by atoms with Crippen molar-refractivity contribution in [2.24, 2.45) is 11.7 Å². The van der Waals surface area contributed by atoms with E-state index in [0.29, 0.717) is 19.6 Å². The fraction of sp³-hybridized carbons (Fsp3) is 0.417. The summed E-state index contributed by atoms with van der Waals surface area (Å²) in [6.07, 6.45) is 1.92. The second kappa shape index (κ2) is 9.23. The summed E-state index contributed by atoms with van der Waals surface area (Å²) in [6.45, 7) is 5.04. The molecule has 0 aliphatic carbocycles. The predicted molar refractivity (Wildman–Crippen MR) is 114 cm³/mol. The largest absolute Gasteiger partial charge is 0.367 e. The van der Waals surface area contributed by atoms with E-state index in [9.17, 15) is 9.59 Å². The van der Waals surface area contributed by atoms with E-state index in [2.05, 4.69) is 18.2 Å². The molecule has 1 atom stereocenters. The molecule has 5 heteroatoms. The molecule has 0 saturated carbocycles. The van der Waals surface area contributed by atoms with Crippen molar-refractivity contribution >= 4 is 11.8 Å². The van der Waals surface area contributed by atoms with Gasteiger partial charge in [0.1, 0.15) is 0 Å². The van der Waals surface area contributed by atoms with Crippen molar-refractivity contribution in [1.29, 1.82) is 0 Å². The van der Waals surface area contributed by atoms with E-state index in [1.54, 1.807) is 4.90 Å². The van der Waals surface area contributed by atoms with E-state index in [4.69, 9.17) is 10.5 Å². The maximum atomic E-state index is 12.9. The molecule has 0 unspecified atom stereocenters. The number of primary amides is 1. The quantitative estimate of drug-likeness (QED) is 0.782. The summed E-state index contributed by atoms with van der Waals surface area (Å²) in [5.74, 6) is -0.466. The van der Waals surface area contributed by atoms with Crippen molar-refractivity contribution in [3.05, 3.63) is 60.2 Å². The number of hydrogen-bond donors (Lipinski definition) is 1. The zero-order valence-corrected chi connectivity index (χ0v) is 17.3. The number of rotatable bonds is 7. The summed E-state index contributed by atoms with van der Waals surface area (Å²) in [4.78, 5) is 27.1. The van der Waals surface area contributed by atoms with Crippen LogP contribution in [0.25, 0.3) is 11.1 Å². The first-order chi connectivity index (χ1) is 14.0. The SMILES string of the molecule is CCC(CC)C(=O)N1CCO[C@@](Cc2cccc(-c3ccccc3)c2)(C(N)=O)C1. The molecule has 3 rings (SSSR count). The van der Waals surface area contributed by atoms with Crippen molar-refractivity contribution in [2.75, 3.05) is 19.7 Å². The molecular weight excluding hydrogens is 364 g/mol. The molecule has 2 aromatic rings. The van der Waals surface area contributed by atoms with Gasteiger partial charge in [0.2, 0.25) is 5.91 Å². The van der Waals surface area contributed by atoms with Gasteiger partial charge < -0.3 is 15.4 Å². The van der Waals surface area contributed by atoms with Gasteiger partial charge in [-0.05, 0) is 29.5 Å². The average Bonchev–Trinajstić information content (AvgIpc) is 2.75. The van der Waals surface area contributed by atoms with E-state index in [0.717, 1.165) is 29.5 Å². The van der Waals surface area contributed by atoms with Crippen LogP contribution in [0, 0.1) is 5.92 Å². The Bertz CT molecular complexity index is 848. The third-order valence-corrected chi connectivity index (χ3v) is 5.81. The van der Waals surface area contributed by atoms with Crippen LogP contribution < -0.4 is 5.73 Å². The maximum Gasteiger partial charge on any atom is 0.251 e. The molecule has 1 heterocycles. The third-order valence-electron chi connectivity index (χ3n) is 5.81. The molecule has 0 aromatic heterocycles. The van der Waals surface area contributed by atoms with Crippen LogP contribution in [0.3, 0.4) is 0 Å². The number of carbonyl (C=O) groups excluding carboxylic acids is 2. The van der Waals surface area contributed by atoms with E-state index in [-0.39, 0.29) is 18.4 Å². The minimum absolute atomic E-state index is 0.0277. The third kappa shape index (κ3) is 4.67. The first-order valence-corrected chi connectivity index (χ1v) is 10.4. The predicted octanol–water partition coefficient (Wildman–Crippen LogP) is 3.42. The van der Waals surface area contributed by atoms with Gasteiger partial charge in [-0.3, -0.25) is 9.59 Å². The monoisotopic (exact) mass is 394 g/mol. The second-order valence-electron chi connectivity index (χ2n) is 7.72. The molecule has 2 N–H and O–H groups in total. The fourth-order valence-electron chi connectivity index (χ4n) is 4.03. The molecule has 2 amide bonds. The lowest BCUT2D eigenvalue weighted by Crippen LogP contribution is -2.61. The molecule has 1 fully saturated rings. The minimum Gasteiger partial charge on any atom is -0.367 e. The van der Waals surface area contributed by atoms with Gasteiger partial charge in [-0.15, -0.1) is 0 Å². The van der Waals surface area contributed by atoms with Gasteiger partial charge in [-0.1, -0.05) is 68.4 Å². The standard InChI is InChI=1S/C24H30N2O3/c1-3-19(4-2)22(27)26-13-14-29-24(17-26,23(25)28)16-18-9-8-12-21(15-18)20-10-6-5-7-11-20/h5-12,15,19H,3-4,13-14,16-17H2,1-2H3,(H2,25,28)/t24-/m1/s1. The highest BCUT2D eigenvalue weighted by atomic mass is 16.5. The lowest BCUT2D eigenvalue weighted by molar-refractivity contribution is -0.165. The van der Waals surface area contributed by atoms with Crippen LogP contribution in [0.5, 0.6) is 0 Å². The molecule has 29 heavy (non-hydrogen) atoms. The Balaban J connectivity index is 1.84. The second-order valence-corrected chi connectivity index (χ2v) is 7.72. The Kier molecular flexibility index (Phi) is 6.70. The number of carbonyl (C=O) groups is 2. The average molecular weight is 395 g/mol. The summed E-state index contributed by atoms with van der Waals surface area (Å²) < 4.78 is 5.94. The van der Waals surface area contributed by atoms with Crippen LogP contribution in [0.2, 0.25) is 0 Å². The van der Waals surface area contributed by atoms with E-state index in [1.807, 2.05) is 50.2 Å². The number of ether oxygens (including phenoxy) is 1. The van der Waals surface area contributed by atoms with Crippen molar-refractivity contribution in [3.8, 4) is 11.1 Å². The molecule has 1 aliphatic heterocycles. The first kappa shape index (κ1) is 21.1. The molecule has 0 spiro atoms. The summed E-state index contributed by atoms with van der Waals surface area (Å²) >= 11 is 0. The Labute approximate surface area is 172 Å². The lowest BCUT2D eigenvalue weighted by Gasteiger charge is -2.41. The highest BCUT2D eigenvalue weighted by Crippen LogP contribution is 2.27. The number of nitrogens with zero attached hydrogens (tertiary/aromatic N) is 1. The number of morpholine rings is 1. The smallest absolute Gasteiger partial charge is 0.251 e. The molecule has 0 radical (unpaired) electrons. The Morgan fingerprint density at radius 1 is 1.07 bits per heavy atom. The maximum absolute atomic E-state index is 12.9. The van der Waals surface area contributed by atoms with Gasteiger partial charge in [0.15, 0.2) is 5.60 Å². The Morgan fingerprint density at radius 2 is 1.76 bits per heavy atom. The van der Waals surface area contributed by atoms with Crippen LogP contribution >= 0.6 is 0 Å². The number of nitrogens with two attached hydrogens (primary N) is 1. The van der Waals surface area contributed by atoms with E-state index >= 15 is 0 Å². The molecule has 5 nitrogen and oxygen atoms in total. The number of hydrogen-bond acceptors (Lipinski definition) is 3. The van der Waals surface area contributed by atoms with Gasteiger partial charge in [0.25, 0.3) is 5.91 Å². The minimum atomic E-state index is -1.20. The van der Waals surface area contributed by atoms with Gasteiger partial charge in [0, 0.05) is 18.9 Å². The van der Waals surface area contributed by atoms with Gasteiger partial charge >= 0.3 is 0 Å². The van der Waals surface area contributed by atoms with Gasteiger partial charge in [-0.2, -0.15) is 0 Å². The highest BCUT2D eigenvalue weighted by molar-refractivity contribution is 5.86. The highest BCUT2D eigenvalue weighted by Gasteiger charge is 2.44. The zero-order valence-electron chi connectivity index (χ0n) is 17.3. The number of benzene rings is 2. The molecular formula is C24H30N2O3. The summed E-state index contributed by atoms with van der Waals surface area (Å²) in [5.41, 5.74) is 7.74. The first-order valence-electron chi connectivity index (χ1n) is 10.4. The zero-order chi connectivity index (χ0) is 20.9. The van der Waals surface area contributed by atoms with Crippen molar-refractivity contribution in [3.63, 3.8) is 0 Å². The van der Waals surface area contributed by atoms with E-state index < -0.39 is 11.5 Å². The van der Waals surface area contributed by atoms with Gasteiger partial charge in [-0.25, -0.2) is 0 Å². The molecule has 1 saturated heterocycles. The van der Waals surface area contributed by atoms with Crippen molar-refractivity contribution in [2.45, 2.75) is 38.7 Å². The summed E-state index contributed by atoms with van der Waals surface area (Å²) in [5, 5.41) is 0. The van der Waals surface area contributed by atoms with Crippen LogP contribution in [-0.2, 0) is 20.7 Å². The van der Waals surface area contributed by atoms with Crippen molar-refractivity contribution < 1.29 is 14.3 Å². The molecule has 0 bridgehead atoms. The van der Waals surface area contributed by atoms with Crippen LogP contribution in [-0.4, -0.2) is 42.0 Å². The molecule has 2 aromatic carbocycles. The van der Waals surface area contributed by atoms with Crippen LogP contribution in [0.15, 0.2) is 54.6 Å². The van der Waals surface area contributed by atoms with Gasteiger partial charge in [0.05, 0.1) is 13.2 Å². The summed E-state index contributed by atoms with van der Waals surface area (Å²) in [7, 11) is 0. The molecule has 154 valence electrons. The molecule has 1 aliphatic rings. The van der Waals surface area contributed by atoms with Crippen LogP contribution in [0.4, 0.5) is 0 Å². The fourth-order valence-corrected chi connectivity index (χ4v) is 4.03. The summed E-state index contributed by atoms with van der Waals surface area (Å²) in [6, 6.07) is 18.1. The Morgan fingerprint density at radius 3 is 2.41 bits per heavy atom. The van der Waals surface area contributed by atoms with Crippen LogP contribution in [0.1, 0.15) is 32.3 Å². The van der Waals surface area contributed by atoms with Crippen molar-refractivity contribution in [1.82, 2.24) is 4.90 Å². The normalized spacial score (nSPS) is 19.3.